The van der Waals surface area contributed by atoms with E-state index in [2.05, 4.69) is 45.7 Å². The van der Waals surface area contributed by atoms with E-state index in [4.69, 9.17) is 0 Å². The van der Waals surface area contributed by atoms with Crippen LogP contribution in [0.2, 0.25) is 0 Å². The van der Waals surface area contributed by atoms with Crippen molar-refractivity contribution in [3.63, 3.8) is 0 Å². The highest BCUT2D eigenvalue weighted by Crippen LogP contribution is 2.32. The number of fused-ring (bicyclic) bond motifs is 1. The van der Waals surface area contributed by atoms with Crippen LogP contribution in [-0.4, -0.2) is 49.9 Å². The lowest BCUT2D eigenvalue weighted by Crippen LogP contribution is -2.43. The van der Waals surface area contributed by atoms with Gasteiger partial charge in [0.2, 0.25) is 0 Å². The van der Waals surface area contributed by atoms with Gasteiger partial charge in [-0.1, -0.05) is 43.7 Å². The number of likely N-dealkylation sites (tertiary alicyclic amines) is 1. The molecule has 32 heavy (non-hydrogen) atoms. The summed E-state index contributed by atoms with van der Waals surface area (Å²) in [6.07, 6.45) is 5.45. The van der Waals surface area contributed by atoms with E-state index in [-0.39, 0.29) is 6.04 Å². The summed E-state index contributed by atoms with van der Waals surface area (Å²) >= 11 is 0. The Morgan fingerprint density at radius 2 is 1.78 bits per heavy atom. The normalized spacial score (nSPS) is 17.0. The molecule has 170 valence electrons. The zero-order chi connectivity index (χ0) is 22.5. The van der Waals surface area contributed by atoms with Gasteiger partial charge in [-0.15, -0.1) is 0 Å². The number of aryl methyl sites for hydroxylation is 1. The number of carbonyl (C=O) groups is 2. The number of anilines is 2. The number of hydrogen-bond acceptors (Lipinski definition) is 4. The first-order valence-electron chi connectivity index (χ1n) is 11.8. The first kappa shape index (κ1) is 22.3. The van der Waals surface area contributed by atoms with Crippen molar-refractivity contribution < 1.29 is 9.59 Å². The van der Waals surface area contributed by atoms with Crippen LogP contribution in [-0.2, 0) is 22.4 Å². The summed E-state index contributed by atoms with van der Waals surface area (Å²) in [6.45, 7) is 5.55. The molecular weight excluding hydrogens is 400 g/mol. The summed E-state index contributed by atoms with van der Waals surface area (Å²) in [6, 6.07) is 14.4. The van der Waals surface area contributed by atoms with E-state index in [0.717, 1.165) is 38.0 Å². The third-order valence-electron chi connectivity index (χ3n) is 6.76. The molecule has 2 N–H and O–H groups in total. The topological polar surface area (TPSA) is 64.7 Å². The van der Waals surface area contributed by atoms with E-state index in [1.165, 1.54) is 36.1 Å². The molecule has 2 aliphatic heterocycles. The lowest BCUT2D eigenvalue weighted by atomic mass is 9.98. The Balaban J connectivity index is 1.45. The van der Waals surface area contributed by atoms with Gasteiger partial charge >= 0.3 is 11.8 Å². The van der Waals surface area contributed by atoms with Gasteiger partial charge in [-0.3, -0.25) is 14.5 Å². The monoisotopic (exact) mass is 434 g/mol. The Kier molecular flexibility index (Phi) is 7.10. The molecule has 0 bridgehead atoms. The Hall–Kier alpha value is -2.86. The number of nitrogens with one attached hydrogen (secondary N) is 2. The van der Waals surface area contributed by atoms with E-state index in [9.17, 15) is 9.59 Å². The first-order chi connectivity index (χ1) is 15.6. The van der Waals surface area contributed by atoms with E-state index in [0.29, 0.717) is 12.2 Å². The van der Waals surface area contributed by atoms with E-state index < -0.39 is 11.8 Å². The highest BCUT2D eigenvalue weighted by atomic mass is 16.2. The number of piperidine rings is 1. The standard InChI is InChI=1S/C26H34N4O2/c1-3-19-9-5-6-10-22(19)28-26(32)25(31)27-18-24(30-14-7-4-8-15-30)20-11-12-23-21(17-20)13-16-29(23)2/h5-6,9-12,17,24H,3-4,7-8,13-16,18H2,1-2H3,(H,27,31)(H,28,32). The van der Waals surface area contributed by atoms with Crippen molar-refractivity contribution in [1.29, 1.82) is 0 Å². The van der Waals surface area contributed by atoms with Crippen molar-refractivity contribution in [2.24, 2.45) is 0 Å². The molecule has 6 nitrogen and oxygen atoms in total. The Labute approximate surface area is 191 Å². The number of likely N-dealkylation sites (N-methyl/N-ethyl adjacent to an activating group) is 1. The van der Waals surface area contributed by atoms with Gasteiger partial charge in [-0.2, -0.15) is 0 Å². The SMILES string of the molecule is CCc1ccccc1NC(=O)C(=O)NCC(c1ccc2c(c1)CCN2C)N1CCCCC1. The summed E-state index contributed by atoms with van der Waals surface area (Å²) in [5.41, 5.74) is 5.60. The third-order valence-corrected chi connectivity index (χ3v) is 6.76. The van der Waals surface area contributed by atoms with Crippen molar-refractivity contribution in [3.05, 3.63) is 59.2 Å². The van der Waals surface area contributed by atoms with Crippen LogP contribution >= 0.6 is 0 Å². The summed E-state index contributed by atoms with van der Waals surface area (Å²) < 4.78 is 0. The number of rotatable bonds is 6. The van der Waals surface area contributed by atoms with E-state index in [1.807, 2.05) is 31.2 Å². The summed E-state index contributed by atoms with van der Waals surface area (Å²) in [5, 5.41) is 5.68. The summed E-state index contributed by atoms with van der Waals surface area (Å²) in [4.78, 5) is 29.9. The molecule has 1 unspecified atom stereocenters. The minimum absolute atomic E-state index is 0.0752. The van der Waals surface area contributed by atoms with Crippen LogP contribution in [0.3, 0.4) is 0 Å². The molecule has 0 radical (unpaired) electrons. The zero-order valence-electron chi connectivity index (χ0n) is 19.2. The number of para-hydroxylation sites is 1. The Morgan fingerprint density at radius 1 is 1.00 bits per heavy atom. The summed E-state index contributed by atoms with van der Waals surface area (Å²) in [7, 11) is 2.13. The predicted octanol–water partition coefficient (Wildman–Crippen LogP) is 3.52. The lowest BCUT2D eigenvalue weighted by Gasteiger charge is -2.35. The fourth-order valence-electron chi connectivity index (χ4n) is 4.88. The predicted molar refractivity (Wildman–Crippen MR) is 129 cm³/mol. The van der Waals surface area contributed by atoms with Gasteiger partial charge < -0.3 is 15.5 Å². The molecule has 0 saturated carbocycles. The van der Waals surface area contributed by atoms with Gasteiger partial charge in [-0.25, -0.2) is 0 Å². The van der Waals surface area contributed by atoms with Gasteiger partial charge in [0.15, 0.2) is 0 Å². The minimum atomic E-state index is -0.612. The van der Waals surface area contributed by atoms with Crippen LogP contribution in [0.15, 0.2) is 42.5 Å². The largest absolute Gasteiger partial charge is 0.374 e. The fourth-order valence-corrected chi connectivity index (χ4v) is 4.88. The molecular formula is C26H34N4O2. The Morgan fingerprint density at radius 3 is 2.56 bits per heavy atom. The molecule has 0 aliphatic carbocycles. The quantitative estimate of drug-likeness (QED) is 0.683. The number of nitrogens with zero attached hydrogens (tertiary/aromatic N) is 2. The second-order valence-electron chi connectivity index (χ2n) is 8.85. The van der Waals surface area contributed by atoms with Gasteiger partial charge in [-0.05, 0) is 67.6 Å². The molecule has 4 rings (SSSR count). The highest BCUT2D eigenvalue weighted by Gasteiger charge is 2.26. The average molecular weight is 435 g/mol. The van der Waals surface area contributed by atoms with Crippen molar-refractivity contribution in [2.75, 3.05) is 43.4 Å². The minimum Gasteiger partial charge on any atom is -0.374 e. The molecule has 0 aromatic heterocycles. The molecule has 1 atom stereocenters. The number of amides is 2. The third kappa shape index (κ3) is 4.96. The fraction of sp³-hybridized carbons (Fsp3) is 0.462. The van der Waals surface area contributed by atoms with E-state index in [1.54, 1.807) is 0 Å². The van der Waals surface area contributed by atoms with Crippen LogP contribution in [0.4, 0.5) is 11.4 Å². The number of hydrogen-bond donors (Lipinski definition) is 2. The number of benzene rings is 2. The van der Waals surface area contributed by atoms with Crippen LogP contribution < -0.4 is 15.5 Å². The molecule has 2 amide bonds. The molecule has 2 aliphatic rings. The van der Waals surface area contributed by atoms with Gasteiger partial charge in [0.1, 0.15) is 0 Å². The van der Waals surface area contributed by atoms with Gasteiger partial charge in [0, 0.05) is 31.5 Å². The molecule has 2 aromatic rings. The Bertz CT molecular complexity index is 968. The first-order valence-corrected chi connectivity index (χ1v) is 11.8. The second kappa shape index (κ2) is 10.2. The van der Waals surface area contributed by atoms with Crippen LogP contribution in [0, 0.1) is 0 Å². The smallest absolute Gasteiger partial charge is 0.313 e. The molecule has 0 spiro atoms. The maximum Gasteiger partial charge on any atom is 0.313 e. The van der Waals surface area contributed by atoms with Crippen LogP contribution in [0.5, 0.6) is 0 Å². The van der Waals surface area contributed by atoms with Crippen molar-refractivity contribution >= 4 is 23.2 Å². The van der Waals surface area contributed by atoms with Crippen LogP contribution in [0.25, 0.3) is 0 Å². The lowest BCUT2D eigenvalue weighted by molar-refractivity contribution is -0.136. The zero-order valence-corrected chi connectivity index (χ0v) is 19.2. The maximum absolute atomic E-state index is 12.6. The second-order valence-corrected chi connectivity index (χ2v) is 8.85. The summed E-state index contributed by atoms with van der Waals surface area (Å²) in [5.74, 6) is -1.20. The molecule has 6 heteroatoms. The molecule has 1 saturated heterocycles. The van der Waals surface area contributed by atoms with Gasteiger partial charge in [0.25, 0.3) is 0 Å². The van der Waals surface area contributed by atoms with Crippen LogP contribution in [0.1, 0.15) is 48.9 Å². The number of carbonyl (C=O) groups excluding carboxylic acids is 2. The van der Waals surface area contributed by atoms with Crippen molar-refractivity contribution in [1.82, 2.24) is 10.2 Å². The van der Waals surface area contributed by atoms with E-state index >= 15 is 0 Å². The molecule has 2 heterocycles. The molecule has 1 fully saturated rings. The molecule has 2 aromatic carbocycles. The van der Waals surface area contributed by atoms with Crippen molar-refractivity contribution in [3.8, 4) is 0 Å². The van der Waals surface area contributed by atoms with Gasteiger partial charge in [0.05, 0.1) is 6.04 Å². The maximum atomic E-state index is 12.6. The highest BCUT2D eigenvalue weighted by molar-refractivity contribution is 6.39. The average Bonchev–Trinajstić information content (AvgIpc) is 3.20. The van der Waals surface area contributed by atoms with Crippen molar-refractivity contribution in [2.45, 2.75) is 45.1 Å².